The lowest BCUT2D eigenvalue weighted by Gasteiger charge is -2.19. The molecule has 2 rings (SSSR count). The molecule has 0 saturated heterocycles. The van der Waals surface area contributed by atoms with Crippen molar-refractivity contribution < 1.29 is 18.3 Å². The number of nitrogens with zero attached hydrogens (tertiary/aromatic N) is 2. The molecule has 0 spiro atoms. The van der Waals surface area contributed by atoms with Gasteiger partial charge in [0, 0.05) is 23.9 Å². The molecule has 1 heterocycles. The highest BCUT2D eigenvalue weighted by atomic mass is 19.2. The Morgan fingerprint density at radius 2 is 2.08 bits per heavy atom. The molecule has 0 aliphatic rings. The van der Waals surface area contributed by atoms with Crippen LogP contribution >= 0.6 is 0 Å². The minimum atomic E-state index is -1.06. The van der Waals surface area contributed by atoms with Crippen LogP contribution in [0.4, 0.5) is 13.6 Å². The predicted octanol–water partition coefficient (Wildman–Crippen LogP) is 3.33. The molecule has 1 aromatic heterocycles. The quantitative estimate of drug-likeness (QED) is 0.863. The van der Waals surface area contributed by atoms with Crippen LogP contribution in [0.2, 0.25) is 0 Å². The first-order chi connectivity index (χ1) is 11.7. The van der Waals surface area contributed by atoms with Crippen molar-refractivity contribution >= 4 is 6.09 Å². The summed E-state index contributed by atoms with van der Waals surface area (Å²) < 4.78 is 34.5. The summed E-state index contributed by atoms with van der Waals surface area (Å²) in [4.78, 5) is 11.5. The van der Waals surface area contributed by atoms with Crippen molar-refractivity contribution in [2.75, 3.05) is 6.54 Å². The van der Waals surface area contributed by atoms with E-state index in [1.165, 1.54) is 23.0 Å². The fourth-order valence-corrected chi connectivity index (χ4v) is 2.10. The topological polar surface area (TPSA) is 56.2 Å². The monoisotopic (exact) mass is 347 g/mol. The highest BCUT2D eigenvalue weighted by molar-refractivity contribution is 5.67. The van der Waals surface area contributed by atoms with Crippen LogP contribution in [0.5, 0.6) is 0 Å². The van der Waals surface area contributed by atoms with E-state index in [0.29, 0.717) is 12.1 Å². The van der Waals surface area contributed by atoms with Crippen molar-refractivity contribution in [3.8, 4) is 23.5 Å². The molecule has 0 bridgehead atoms. The van der Waals surface area contributed by atoms with E-state index in [1.807, 2.05) is 0 Å². The zero-order valence-corrected chi connectivity index (χ0v) is 14.3. The normalized spacial score (nSPS) is 11.0. The summed E-state index contributed by atoms with van der Waals surface area (Å²) in [6.45, 7) is 5.94. The fraction of sp³-hybridized carbons (Fsp3) is 0.333. The third-order valence-electron chi connectivity index (χ3n) is 3.19. The number of hydrogen-bond donors (Lipinski definition) is 1. The smallest absolute Gasteiger partial charge is 0.407 e. The Morgan fingerprint density at radius 1 is 1.36 bits per heavy atom. The molecule has 0 radical (unpaired) electrons. The molecule has 1 amide bonds. The molecule has 0 fully saturated rings. The lowest BCUT2D eigenvalue weighted by atomic mass is 10.1. The molecule has 132 valence electrons. The number of aromatic nitrogens is 2. The van der Waals surface area contributed by atoms with Crippen LogP contribution in [0.25, 0.3) is 11.1 Å². The molecular weight excluding hydrogens is 328 g/mol. The Hall–Kier alpha value is -2.88. The summed E-state index contributed by atoms with van der Waals surface area (Å²) in [5, 5.41) is 6.67. The Bertz CT molecular complexity index is 817. The summed E-state index contributed by atoms with van der Waals surface area (Å²) in [5.74, 6) is 0.0183. The van der Waals surface area contributed by atoms with Crippen LogP contribution in [0.1, 0.15) is 26.3 Å². The molecule has 1 aromatic carbocycles. The Morgan fingerprint density at radius 3 is 2.72 bits per heavy atom. The number of carbonyl (C=O) groups is 1. The maximum absolute atomic E-state index is 14.1. The lowest BCUT2D eigenvalue weighted by Crippen LogP contribution is -2.34. The van der Waals surface area contributed by atoms with Gasteiger partial charge in [-0.1, -0.05) is 5.92 Å². The van der Waals surface area contributed by atoms with Crippen LogP contribution in [0.15, 0.2) is 24.5 Å². The van der Waals surface area contributed by atoms with Gasteiger partial charge in [0.15, 0.2) is 11.6 Å². The fourth-order valence-electron chi connectivity index (χ4n) is 2.10. The van der Waals surface area contributed by atoms with E-state index >= 15 is 0 Å². The Labute approximate surface area is 145 Å². The predicted molar refractivity (Wildman–Crippen MR) is 89.8 cm³/mol. The van der Waals surface area contributed by atoms with Gasteiger partial charge in [0.05, 0.1) is 18.3 Å². The Kier molecular flexibility index (Phi) is 5.42. The van der Waals surface area contributed by atoms with Gasteiger partial charge in [-0.25, -0.2) is 13.6 Å². The first kappa shape index (κ1) is 18.5. The molecule has 7 heteroatoms. The average molecular weight is 347 g/mol. The summed E-state index contributed by atoms with van der Waals surface area (Å²) in [6.07, 6.45) is 7.56. The molecular formula is C18H19F2N3O2. The largest absolute Gasteiger partial charge is 0.444 e. The first-order valence-electron chi connectivity index (χ1n) is 7.65. The number of hydrogen-bond acceptors (Lipinski definition) is 3. The van der Waals surface area contributed by atoms with Crippen molar-refractivity contribution in [3.05, 3.63) is 41.7 Å². The standard InChI is InChI=1S/C18H19F2N3O2/c1-5-12-6-7-14(16(20)15(12)19)13-10-22-23(11-13)9-8-21-17(24)25-18(2,3)4/h1,6-7,10-11H,8-9H2,2-4H3,(H,21,24). The molecule has 0 unspecified atom stereocenters. The number of rotatable bonds is 4. The molecule has 0 saturated carbocycles. The zero-order valence-electron chi connectivity index (χ0n) is 14.3. The van der Waals surface area contributed by atoms with Crippen molar-refractivity contribution in [1.82, 2.24) is 15.1 Å². The number of halogens is 2. The van der Waals surface area contributed by atoms with Gasteiger partial charge in [-0.3, -0.25) is 4.68 Å². The number of amides is 1. The van der Waals surface area contributed by atoms with Gasteiger partial charge in [-0.2, -0.15) is 5.10 Å². The maximum Gasteiger partial charge on any atom is 0.407 e. The van der Waals surface area contributed by atoms with E-state index in [2.05, 4.69) is 16.3 Å². The summed E-state index contributed by atoms with van der Waals surface area (Å²) >= 11 is 0. The molecule has 5 nitrogen and oxygen atoms in total. The van der Waals surface area contributed by atoms with Crippen LogP contribution in [-0.2, 0) is 11.3 Å². The summed E-state index contributed by atoms with van der Waals surface area (Å²) in [7, 11) is 0. The van der Waals surface area contributed by atoms with E-state index < -0.39 is 23.3 Å². The summed E-state index contributed by atoms with van der Waals surface area (Å²) in [5.41, 5.74) is -0.218. The van der Waals surface area contributed by atoms with Crippen LogP contribution in [-0.4, -0.2) is 28.0 Å². The van der Waals surface area contributed by atoms with Crippen molar-refractivity contribution in [3.63, 3.8) is 0 Å². The van der Waals surface area contributed by atoms with Gasteiger partial charge in [0.25, 0.3) is 0 Å². The van der Waals surface area contributed by atoms with Crippen LogP contribution < -0.4 is 5.32 Å². The van der Waals surface area contributed by atoms with E-state index in [9.17, 15) is 13.6 Å². The van der Waals surface area contributed by atoms with Gasteiger partial charge in [-0.05, 0) is 32.9 Å². The van der Waals surface area contributed by atoms with E-state index in [-0.39, 0.29) is 17.7 Å². The Balaban J connectivity index is 2.01. The number of benzene rings is 1. The van der Waals surface area contributed by atoms with E-state index in [0.717, 1.165) is 0 Å². The molecule has 1 N–H and O–H groups in total. The minimum Gasteiger partial charge on any atom is -0.444 e. The average Bonchev–Trinajstić information content (AvgIpc) is 2.96. The number of ether oxygens (including phenoxy) is 1. The van der Waals surface area contributed by atoms with Gasteiger partial charge < -0.3 is 10.1 Å². The number of terminal acetylenes is 1. The molecule has 2 aromatic rings. The van der Waals surface area contributed by atoms with Gasteiger partial charge in [-0.15, -0.1) is 6.42 Å². The summed E-state index contributed by atoms with van der Waals surface area (Å²) in [6, 6.07) is 2.75. The lowest BCUT2D eigenvalue weighted by molar-refractivity contribution is 0.0525. The highest BCUT2D eigenvalue weighted by Gasteiger charge is 2.16. The second kappa shape index (κ2) is 7.34. The number of alkyl carbamates (subject to hydrolysis) is 1. The van der Waals surface area contributed by atoms with Gasteiger partial charge >= 0.3 is 6.09 Å². The molecule has 0 aliphatic heterocycles. The third-order valence-corrected chi connectivity index (χ3v) is 3.19. The molecule has 0 atom stereocenters. The number of carbonyl (C=O) groups excluding carboxylic acids is 1. The third kappa shape index (κ3) is 4.80. The SMILES string of the molecule is C#Cc1ccc(-c2cnn(CCNC(=O)OC(C)(C)C)c2)c(F)c1F. The highest BCUT2D eigenvalue weighted by Crippen LogP contribution is 2.25. The first-order valence-corrected chi connectivity index (χ1v) is 7.65. The maximum atomic E-state index is 14.1. The van der Waals surface area contributed by atoms with Crippen molar-refractivity contribution in [2.24, 2.45) is 0 Å². The van der Waals surface area contributed by atoms with Crippen molar-refractivity contribution in [1.29, 1.82) is 0 Å². The minimum absolute atomic E-state index is 0.0721. The second-order valence-corrected chi connectivity index (χ2v) is 6.35. The zero-order chi connectivity index (χ0) is 18.6. The van der Waals surface area contributed by atoms with Gasteiger partial charge in [0.2, 0.25) is 0 Å². The van der Waals surface area contributed by atoms with E-state index in [4.69, 9.17) is 11.2 Å². The van der Waals surface area contributed by atoms with Gasteiger partial charge in [0.1, 0.15) is 5.60 Å². The van der Waals surface area contributed by atoms with Crippen LogP contribution in [0, 0.1) is 24.0 Å². The molecule has 0 aliphatic carbocycles. The van der Waals surface area contributed by atoms with E-state index in [1.54, 1.807) is 27.0 Å². The second-order valence-electron chi connectivity index (χ2n) is 6.35. The number of nitrogens with one attached hydrogen (secondary N) is 1. The molecule has 25 heavy (non-hydrogen) atoms. The van der Waals surface area contributed by atoms with Crippen LogP contribution in [0.3, 0.4) is 0 Å². The van der Waals surface area contributed by atoms with Crippen molar-refractivity contribution in [2.45, 2.75) is 32.9 Å².